The Balaban J connectivity index is 3.23. The Bertz CT molecular complexity index is 105. The SMILES string of the molecule is C=C(CCCC)NCC(C)C. The molecule has 0 aliphatic heterocycles. The van der Waals surface area contributed by atoms with E-state index in [2.05, 4.69) is 32.7 Å². The van der Waals surface area contributed by atoms with Crippen LogP contribution in [0.15, 0.2) is 12.3 Å². The Morgan fingerprint density at radius 3 is 2.55 bits per heavy atom. The van der Waals surface area contributed by atoms with Gasteiger partial charge in [0.1, 0.15) is 0 Å². The van der Waals surface area contributed by atoms with Gasteiger partial charge in [-0.05, 0) is 18.8 Å². The molecule has 1 N–H and O–H groups in total. The van der Waals surface area contributed by atoms with Gasteiger partial charge in [-0.15, -0.1) is 0 Å². The summed E-state index contributed by atoms with van der Waals surface area (Å²) in [4.78, 5) is 0. The average Bonchev–Trinajstić information content (AvgIpc) is 1.97. The molecule has 1 heteroatoms. The van der Waals surface area contributed by atoms with Crippen LogP contribution < -0.4 is 5.32 Å². The zero-order valence-electron chi connectivity index (χ0n) is 8.11. The van der Waals surface area contributed by atoms with Gasteiger partial charge in [-0.2, -0.15) is 0 Å². The molecule has 0 aromatic rings. The molecule has 0 unspecified atom stereocenters. The third-order valence-corrected chi connectivity index (χ3v) is 1.59. The Kier molecular flexibility index (Phi) is 6.00. The molecule has 0 saturated heterocycles. The third kappa shape index (κ3) is 7.44. The maximum atomic E-state index is 3.95. The standard InChI is InChI=1S/C10H21N/c1-5-6-7-10(4)11-8-9(2)3/h9,11H,4-8H2,1-3H3. The highest BCUT2D eigenvalue weighted by Gasteiger charge is 1.94. The summed E-state index contributed by atoms with van der Waals surface area (Å²) in [6.07, 6.45) is 3.63. The van der Waals surface area contributed by atoms with E-state index in [4.69, 9.17) is 0 Å². The van der Waals surface area contributed by atoms with Gasteiger partial charge in [-0.25, -0.2) is 0 Å². The van der Waals surface area contributed by atoms with Crippen LogP contribution in [0, 0.1) is 5.92 Å². The lowest BCUT2D eigenvalue weighted by Crippen LogP contribution is -2.18. The van der Waals surface area contributed by atoms with Gasteiger partial charge in [-0.1, -0.05) is 33.8 Å². The van der Waals surface area contributed by atoms with Crippen molar-refractivity contribution in [3.05, 3.63) is 12.3 Å². The summed E-state index contributed by atoms with van der Waals surface area (Å²) in [6.45, 7) is 11.6. The second-order valence-electron chi connectivity index (χ2n) is 3.48. The summed E-state index contributed by atoms with van der Waals surface area (Å²) < 4.78 is 0. The average molecular weight is 155 g/mol. The van der Waals surface area contributed by atoms with Crippen molar-refractivity contribution < 1.29 is 0 Å². The van der Waals surface area contributed by atoms with E-state index in [0.717, 1.165) is 13.0 Å². The molecule has 0 radical (unpaired) electrons. The topological polar surface area (TPSA) is 12.0 Å². The minimum Gasteiger partial charge on any atom is -0.389 e. The molecular weight excluding hydrogens is 134 g/mol. The van der Waals surface area contributed by atoms with Crippen LogP contribution in [0.5, 0.6) is 0 Å². The van der Waals surface area contributed by atoms with Crippen LogP contribution in [0.4, 0.5) is 0 Å². The van der Waals surface area contributed by atoms with E-state index < -0.39 is 0 Å². The van der Waals surface area contributed by atoms with E-state index >= 15 is 0 Å². The van der Waals surface area contributed by atoms with E-state index in [1.165, 1.54) is 18.5 Å². The summed E-state index contributed by atoms with van der Waals surface area (Å²) in [6, 6.07) is 0. The van der Waals surface area contributed by atoms with Crippen molar-refractivity contribution in [2.24, 2.45) is 5.92 Å². The van der Waals surface area contributed by atoms with Crippen LogP contribution >= 0.6 is 0 Å². The van der Waals surface area contributed by atoms with Gasteiger partial charge in [0.05, 0.1) is 0 Å². The molecule has 0 aromatic heterocycles. The largest absolute Gasteiger partial charge is 0.389 e. The molecule has 0 rings (SSSR count). The summed E-state index contributed by atoms with van der Waals surface area (Å²) in [5.41, 5.74) is 1.19. The summed E-state index contributed by atoms with van der Waals surface area (Å²) in [5, 5.41) is 3.32. The lowest BCUT2D eigenvalue weighted by molar-refractivity contribution is 0.580. The first-order chi connectivity index (χ1) is 5.16. The molecule has 0 bridgehead atoms. The van der Waals surface area contributed by atoms with Gasteiger partial charge in [0, 0.05) is 12.2 Å². The van der Waals surface area contributed by atoms with Crippen molar-refractivity contribution in [2.75, 3.05) is 6.54 Å². The summed E-state index contributed by atoms with van der Waals surface area (Å²) in [7, 11) is 0. The van der Waals surface area contributed by atoms with E-state index in [-0.39, 0.29) is 0 Å². The van der Waals surface area contributed by atoms with Gasteiger partial charge in [-0.3, -0.25) is 0 Å². The minimum atomic E-state index is 0.716. The number of unbranched alkanes of at least 4 members (excludes halogenated alkanes) is 1. The highest BCUT2D eigenvalue weighted by molar-refractivity contribution is 4.90. The Labute approximate surface area is 70.9 Å². The summed E-state index contributed by atoms with van der Waals surface area (Å²) >= 11 is 0. The normalized spacial score (nSPS) is 10.2. The van der Waals surface area contributed by atoms with E-state index in [9.17, 15) is 0 Å². The maximum Gasteiger partial charge on any atom is 0.0166 e. The van der Waals surface area contributed by atoms with Gasteiger partial charge >= 0.3 is 0 Å². The third-order valence-electron chi connectivity index (χ3n) is 1.59. The van der Waals surface area contributed by atoms with Crippen molar-refractivity contribution in [1.82, 2.24) is 5.32 Å². The fraction of sp³-hybridized carbons (Fsp3) is 0.800. The molecule has 0 amide bonds. The highest BCUT2D eigenvalue weighted by atomic mass is 14.9. The maximum absolute atomic E-state index is 3.95. The Hall–Kier alpha value is -0.460. The molecule has 11 heavy (non-hydrogen) atoms. The first-order valence-corrected chi connectivity index (χ1v) is 4.58. The Morgan fingerprint density at radius 2 is 2.09 bits per heavy atom. The fourth-order valence-electron chi connectivity index (χ4n) is 0.827. The van der Waals surface area contributed by atoms with Gasteiger partial charge < -0.3 is 5.32 Å². The molecule has 0 aliphatic rings. The zero-order chi connectivity index (χ0) is 8.69. The van der Waals surface area contributed by atoms with E-state index in [1.807, 2.05) is 0 Å². The smallest absolute Gasteiger partial charge is 0.0166 e. The first kappa shape index (κ1) is 10.5. The molecule has 0 heterocycles. The number of hydrogen-bond acceptors (Lipinski definition) is 1. The lowest BCUT2D eigenvalue weighted by Gasteiger charge is -2.10. The van der Waals surface area contributed by atoms with Crippen LogP contribution in [0.3, 0.4) is 0 Å². The minimum absolute atomic E-state index is 0.716. The van der Waals surface area contributed by atoms with Crippen molar-refractivity contribution >= 4 is 0 Å². The monoisotopic (exact) mass is 155 g/mol. The fourth-order valence-corrected chi connectivity index (χ4v) is 0.827. The van der Waals surface area contributed by atoms with Crippen LogP contribution in [0.25, 0.3) is 0 Å². The van der Waals surface area contributed by atoms with Crippen LogP contribution in [-0.2, 0) is 0 Å². The second-order valence-corrected chi connectivity index (χ2v) is 3.48. The predicted octanol–water partition coefficient (Wildman–Crippen LogP) is 2.94. The molecule has 0 aromatic carbocycles. The molecule has 0 saturated carbocycles. The molecule has 1 nitrogen and oxygen atoms in total. The van der Waals surface area contributed by atoms with Crippen molar-refractivity contribution in [1.29, 1.82) is 0 Å². The quantitative estimate of drug-likeness (QED) is 0.622. The van der Waals surface area contributed by atoms with Gasteiger partial charge in [0.15, 0.2) is 0 Å². The molecule has 0 fully saturated rings. The molecule has 0 spiro atoms. The first-order valence-electron chi connectivity index (χ1n) is 4.58. The van der Waals surface area contributed by atoms with E-state index in [0.29, 0.717) is 5.92 Å². The number of nitrogens with one attached hydrogen (secondary N) is 1. The van der Waals surface area contributed by atoms with Crippen molar-refractivity contribution in [2.45, 2.75) is 40.0 Å². The Morgan fingerprint density at radius 1 is 1.45 bits per heavy atom. The van der Waals surface area contributed by atoms with Gasteiger partial charge in [0.2, 0.25) is 0 Å². The summed E-state index contributed by atoms with van der Waals surface area (Å²) in [5.74, 6) is 0.716. The number of hydrogen-bond donors (Lipinski definition) is 1. The highest BCUT2D eigenvalue weighted by Crippen LogP contribution is 2.01. The van der Waals surface area contributed by atoms with Crippen LogP contribution in [-0.4, -0.2) is 6.54 Å². The van der Waals surface area contributed by atoms with E-state index in [1.54, 1.807) is 0 Å². The second kappa shape index (κ2) is 6.26. The van der Waals surface area contributed by atoms with Crippen LogP contribution in [0.1, 0.15) is 40.0 Å². The molecule has 66 valence electrons. The van der Waals surface area contributed by atoms with Crippen LogP contribution in [0.2, 0.25) is 0 Å². The predicted molar refractivity (Wildman–Crippen MR) is 51.5 cm³/mol. The number of allylic oxidation sites excluding steroid dienone is 1. The molecule has 0 atom stereocenters. The lowest BCUT2D eigenvalue weighted by atomic mass is 10.2. The molecular formula is C10H21N. The van der Waals surface area contributed by atoms with Crippen molar-refractivity contribution in [3.63, 3.8) is 0 Å². The van der Waals surface area contributed by atoms with Gasteiger partial charge in [0.25, 0.3) is 0 Å². The van der Waals surface area contributed by atoms with Crippen molar-refractivity contribution in [3.8, 4) is 0 Å². The molecule has 0 aliphatic carbocycles. The number of rotatable bonds is 6. The zero-order valence-corrected chi connectivity index (χ0v) is 8.11.